The normalized spacial score (nSPS) is 13.6. The molecule has 3 N–H and O–H groups in total. The van der Waals surface area contributed by atoms with Gasteiger partial charge in [0.05, 0.1) is 42.0 Å². The summed E-state index contributed by atoms with van der Waals surface area (Å²) >= 11 is 0. The first-order valence-electron chi connectivity index (χ1n) is 15.2. The summed E-state index contributed by atoms with van der Waals surface area (Å²) in [6.07, 6.45) is 5.00. The maximum atomic E-state index is 13.1. The maximum Gasteiger partial charge on any atom is 0.272 e. The van der Waals surface area contributed by atoms with Gasteiger partial charge >= 0.3 is 0 Å². The number of azo groups is 1. The number of rotatable bonds is 10. The van der Waals surface area contributed by atoms with Gasteiger partial charge in [-0.2, -0.15) is 5.11 Å². The van der Waals surface area contributed by atoms with Crippen LogP contribution < -0.4 is 16.0 Å². The molecule has 3 aromatic heterocycles. The van der Waals surface area contributed by atoms with Crippen molar-refractivity contribution in [2.45, 2.75) is 0 Å². The van der Waals surface area contributed by atoms with E-state index in [1.165, 1.54) is 0 Å². The molecule has 0 aliphatic carbocycles. The first kappa shape index (κ1) is 31.3. The molecule has 4 heterocycles. The molecule has 47 heavy (non-hydrogen) atoms. The summed E-state index contributed by atoms with van der Waals surface area (Å²) in [6.45, 7) is 4.39. The number of nitrogens with one attached hydrogen (secondary N) is 3. The van der Waals surface area contributed by atoms with E-state index in [4.69, 9.17) is 4.74 Å². The molecule has 1 fully saturated rings. The molecule has 5 aromatic rings. The lowest BCUT2D eigenvalue weighted by Crippen LogP contribution is -2.41. The number of amides is 3. The van der Waals surface area contributed by atoms with Crippen LogP contribution in [0.5, 0.6) is 0 Å². The number of carbonyl (C=O) groups excluding carboxylic acids is 3. The second-order valence-corrected chi connectivity index (χ2v) is 11.2. The monoisotopic (exact) mass is 633 g/mol. The van der Waals surface area contributed by atoms with Gasteiger partial charge in [-0.05, 0) is 48.5 Å². The molecule has 1 saturated heterocycles. The summed E-state index contributed by atoms with van der Waals surface area (Å²) < 4.78 is 8.65. The average molecular weight is 634 g/mol. The van der Waals surface area contributed by atoms with Crippen molar-refractivity contribution in [2.75, 3.05) is 50.0 Å². The Balaban J connectivity index is 1.02. The van der Waals surface area contributed by atoms with Gasteiger partial charge in [-0.25, -0.2) is 0 Å². The van der Waals surface area contributed by atoms with Crippen LogP contribution in [-0.4, -0.2) is 76.1 Å². The Bertz CT molecular complexity index is 1940. The van der Waals surface area contributed by atoms with E-state index < -0.39 is 0 Å². The minimum absolute atomic E-state index is 0.219. The third kappa shape index (κ3) is 7.77. The minimum atomic E-state index is -0.380. The summed E-state index contributed by atoms with van der Waals surface area (Å²) in [5.41, 5.74) is 4.23. The lowest BCUT2D eigenvalue weighted by Gasteiger charge is -2.26. The van der Waals surface area contributed by atoms with Crippen LogP contribution in [0.2, 0.25) is 0 Å². The van der Waals surface area contributed by atoms with Gasteiger partial charge < -0.3 is 29.8 Å². The predicted molar refractivity (Wildman–Crippen MR) is 179 cm³/mol. The molecule has 0 atom stereocenters. The molecule has 3 amide bonds. The van der Waals surface area contributed by atoms with E-state index in [9.17, 15) is 14.4 Å². The van der Waals surface area contributed by atoms with Crippen LogP contribution in [0.4, 0.5) is 22.7 Å². The maximum absolute atomic E-state index is 13.1. The lowest BCUT2D eigenvalue weighted by atomic mass is 10.2. The van der Waals surface area contributed by atoms with E-state index in [0.29, 0.717) is 59.5 Å². The average Bonchev–Trinajstić information content (AvgIpc) is 3.64. The van der Waals surface area contributed by atoms with E-state index in [0.717, 1.165) is 30.5 Å². The van der Waals surface area contributed by atoms with Gasteiger partial charge in [-0.3, -0.25) is 24.3 Å². The van der Waals surface area contributed by atoms with Crippen LogP contribution in [0, 0.1) is 0 Å². The highest BCUT2D eigenvalue weighted by atomic mass is 16.5. The molecule has 13 heteroatoms. The zero-order chi connectivity index (χ0) is 32.8. The van der Waals surface area contributed by atoms with Crippen molar-refractivity contribution in [3.63, 3.8) is 0 Å². The zero-order valence-corrected chi connectivity index (χ0v) is 26.1. The fourth-order valence-corrected chi connectivity index (χ4v) is 5.27. The number of aromatic nitrogens is 3. The van der Waals surface area contributed by atoms with Crippen LogP contribution in [0.3, 0.4) is 0 Å². The van der Waals surface area contributed by atoms with E-state index in [1.54, 1.807) is 78.2 Å². The lowest BCUT2D eigenvalue weighted by molar-refractivity contribution is 0.0383. The van der Waals surface area contributed by atoms with Crippen LogP contribution in [0.15, 0.2) is 95.5 Å². The molecule has 0 spiro atoms. The van der Waals surface area contributed by atoms with Gasteiger partial charge in [-0.1, -0.05) is 18.2 Å². The second-order valence-electron chi connectivity index (χ2n) is 11.2. The molecule has 6 rings (SSSR count). The number of aryl methyl sites for hydroxylation is 2. The number of benzene rings is 2. The number of hydrogen-bond donors (Lipinski definition) is 3. The fourth-order valence-electron chi connectivity index (χ4n) is 5.27. The van der Waals surface area contributed by atoms with Gasteiger partial charge in [0.2, 0.25) is 0 Å². The highest BCUT2D eigenvalue weighted by Crippen LogP contribution is 2.23. The molecule has 0 unspecified atom stereocenters. The highest BCUT2D eigenvalue weighted by molar-refractivity contribution is 6.07. The number of para-hydroxylation sites is 1. The number of nitrogens with zero attached hydrogens (tertiary/aromatic N) is 6. The summed E-state index contributed by atoms with van der Waals surface area (Å²) in [4.78, 5) is 45.5. The van der Waals surface area contributed by atoms with E-state index in [2.05, 4.69) is 36.1 Å². The molecular weight excluding hydrogens is 598 g/mol. The van der Waals surface area contributed by atoms with E-state index in [-0.39, 0.29) is 17.7 Å². The van der Waals surface area contributed by atoms with Crippen molar-refractivity contribution in [2.24, 2.45) is 24.3 Å². The second kappa shape index (κ2) is 14.2. The molecule has 0 saturated carbocycles. The van der Waals surface area contributed by atoms with Crippen LogP contribution in [0.1, 0.15) is 31.3 Å². The summed E-state index contributed by atoms with van der Waals surface area (Å²) in [5, 5.41) is 18.1. The number of hydrogen-bond acceptors (Lipinski definition) is 8. The SMILES string of the molecule is Cn1cc(NC(=O)c2cc(NC(=O)c3ccc(N=Nc4cnc5ccccc5c4)cc3)cn2C)cc1C(=O)NCCN1CCOCC1. The van der Waals surface area contributed by atoms with Gasteiger partial charge in [-0.15, -0.1) is 5.11 Å². The van der Waals surface area contributed by atoms with Crippen LogP contribution >= 0.6 is 0 Å². The largest absolute Gasteiger partial charge is 0.379 e. The van der Waals surface area contributed by atoms with E-state index >= 15 is 0 Å². The Morgan fingerprint density at radius 1 is 0.787 bits per heavy atom. The van der Waals surface area contributed by atoms with E-state index in [1.807, 2.05) is 30.3 Å². The van der Waals surface area contributed by atoms with Crippen LogP contribution in [0.25, 0.3) is 10.9 Å². The number of fused-ring (bicyclic) bond motifs is 1. The molecule has 1 aliphatic heterocycles. The molecule has 1 aliphatic rings. The standard InChI is InChI=1S/C34H35N9O4/c1-41-22-28(18-30(41)33(45)35-11-12-43-13-15-47-16-14-43)38-34(46)31-19-27(21-42(31)2)37-32(44)23-7-9-25(10-8-23)39-40-26-17-24-5-3-4-6-29(24)36-20-26/h3-10,17-22H,11-16H2,1-2H3,(H,35,45)(H,37,44)(H,38,46). The van der Waals surface area contributed by atoms with Crippen molar-refractivity contribution in [3.05, 3.63) is 102 Å². The van der Waals surface area contributed by atoms with Crippen molar-refractivity contribution >= 4 is 51.4 Å². The molecule has 13 nitrogen and oxygen atoms in total. The van der Waals surface area contributed by atoms with Gasteiger partial charge in [0, 0.05) is 63.6 Å². The number of pyridine rings is 1. The third-order valence-electron chi connectivity index (χ3n) is 7.79. The Hall–Kier alpha value is -5.66. The van der Waals surface area contributed by atoms with Gasteiger partial charge in [0.15, 0.2) is 0 Å². The van der Waals surface area contributed by atoms with Gasteiger partial charge in [0.1, 0.15) is 17.1 Å². The van der Waals surface area contributed by atoms with Crippen LogP contribution in [-0.2, 0) is 18.8 Å². The topological polar surface area (TPSA) is 147 Å². The minimum Gasteiger partial charge on any atom is -0.379 e. The highest BCUT2D eigenvalue weighted by Gasteiger charge is 2.18. The third-order valence-corrected chi connectivity index (χ3v) is 7.79. The number of ether oxygens (including phenoxy) is 1. The van der Waals surface area contributed by atoms with Crippen molar-refractivity contribution in [3.8, 4) is 0 Å². The Labute approximate surface area is 271 Å². The smallest absolute Gasteiger partial charge is 0.272 e. The summed E-state index contributed by atoms with van der Waals surface area (Å²) in [6, 6.07) is 19.6. The molecule has 0 bridgehead atoms. The summed E-state index contributed by atoms with van der Waals surface area (Å²) in [5.74, 6) is -0.935. The Morgan fingerprint density at radius 3 is 2.15 bits per heavy atom. The predicted octanol–water partition coefficient (Wildman–Crippen LogP) is 4.89. The zero-order valence-electron chi connectivity index (χ0n) is 26.1. The fraction of sp³-hybridized carbons (Fsp3) is 0.235. The first-order chi connectivity index (χ1) is 22.8. The van der Waals surface area contributed by atoms with Crippen molar-refractivity contribution in [1.29, 1.82) is 0 Å². The molecule has 0 radical (unpaired) electrons. The molecule has 240 valence electrons. The Morgan fingerprint density at radius 2 is 1.43 bits per heavy atom. The first-order valence-corrected chi connectivity index (χ1v) is 15.2. The van der Waals surface area contributed by atoms with Crippen molar-refractivity contribution < 1.29 is 19.1 Å². The molecule has 2 aromatic carbocycles. The Kier molecular flexibility index (Phi) is 9.46. The number of carbonyl (C=O) groups is 3. The molecular formula is C34H35N9O4. The number of anilines is 2. The number of morpholine rings is 1. The van der Waals surface area contributed by atoms with Gasteiger partial charge in [0.25, 0.3) is 17.7 Å². The quantitative estimate of drug-likeness (QED) is 0.187. The van der Waals surface area contributed by atoms with Crippen molar-refractivity contribution in [1.82, 2.24) is 24.3 Å². The summed E-state index contributed by atoms with van der Waals surface area (Å²) in [7, 11) is 3.47.